The Morgan fingerprint density at radius 2 is 1.96 bits per heavy atom. The highest BCUT2D eigenvalue weighted by molar-refractivity contribution is 8.27. The molecule has 0 radical (unpaired) electrons. The molecule has 1 saturated heterocycles. The largest absolute Gasteiger partial charge is 0.545 e. The maximum absolute atomic E-state index is 13.7. The molecule has 0 atom stereocenters. The molecule has 0 unspecified atom stereocenters. The maximum atomic E-state index is 13.7. The Morgan fingerprint density at radius 3 is 2.67 bits per heavy atom. The number of benzene rings is 2. The number of carboxylic acid groups (broad SMARTS) is 1. The first-order valence-electron chi connectivity index (χ1n) is 6.81. The van der Waals surface area contributed by atoms with E-state index in [-0.39, 0.29) is 20.4 Å². The minimum absolute atomic E-state index is 0.0559. The summed E-state index contributed by atoms with van der Waals surface area (Å²) in [4.78, 5) is 25.0. The number of nitrogens with zero attached hydrogens (tertiary/aromatic N) is 1. The van der Waals surface area contributed by atoms with E-state index in [0.29, 0.717) is 5.69 Å². The predicted octanol–water partition coefficient (Wildman–Crippen LogP) is 2.60. The van der Waals surface area contributed by atoms with Crippen LogP contribution in [-0.4, -0.2) is 16.2 Å². The lowest BCUT2D eigenvalue weighted by atomic mass is 10.1. The number of hydrogen-bond donors (Lipinski definition) is 0. The average molecular weight is 358 g/mol. The van der Waals surface area contributed by atoms with Crippen molar-refractivity contribution in [3.8, 4) is 0 Å². The first kappa shape index (κ1) is 16.4. The fourth-order valence-corrected chi connectivity index (χ4v) is 3.49. The van der Waals surface area contributed by atoms with Crippen molar-refractivity contribution in [2.75, 3.05) is 4.90 Å². The van der Waals surface area contributed by atoms with Gasteiger partial charge in [-0.25, -0.2) is 4.39 Å². The maximum Gasteiger partial charge on any atom is 0.270 e. The quantitative estimate of drug-likeness (QED) is 0.623. The second-order valence-corrected chi connectivity index (χ2v) is 6.55. The number of carboxylic acids is 1. The molecule has 120 valence electrons. The Labute approximate surface area is 146 Å². The highest BCUT2D eigenvalue weighted by Gasteiger charge is 2.33. The zero-order valence-corrected chi connectivity index (χ0v) is 13.7. The van der Waals surface area contributed by atoms with Gasteiger partial charge in [0, 0.05) is 5.56 Å². The van der Waals surface area contributed by atoms with Crippen LogP contribution in [0.15, 0.2) is 53.4 Å². The van der Waals surface area contributed by atoms with Crippen LogP contribution < -0.4 is 10.0 Å². The molecule has 1 heterocycles. The van der Waals surface area contributed by atoms with Gasteiger partial charge >= 0.3 is 0 Å². The minimum Gasteiger partial charge on any atom is -0.545 e. The van der Waals surface area contributed by atoms with Crippen LogP contribution in [0.5, 0.6) is 0 Å². The van der Waals surface area contributed by atoms with Gasteiger partial charge in [-0.2, -0.15) is 0 Å². The van der Waals surface area contributed by atoms with Gasteiger partial charge in [-0.1, -0.05) is 54.3 Å². The first-order valence-corrected chi connectivity index (χ1v) is 8.04. The van der Waals surface area contributed by atoms with Crippen LogP contribution in [0.3, 0.4) is 0 Å². The number of amides is 1. The summed E-state index contributed by atoms with van der Waals surface area (Å²) < 4.78 is 14.0. The van der Waals surface area contributed by atoms with Crippen LogP contribution in [0, 0.1) is 5.82 Å². The van der Waals surface area contributed by atoms with Crippen molar-refractivity contribution in [1.82, 2.24) is 0 Å². The van der Waals surface area contributed by atoms with Crippen LogP contribution >= 0.6 is 24.0 Å². The number of aromatic carboxylic acids is 1. The van der Waals surface area contributed by atoms with E-state index in [1.165, 1.54) is 35.2 Å². The number of carbonyl (C=O) groups excluding carboxylic acids is 2. The van der Waals surface area contributed by atoms with Gasteiger partial charge < -0.3 is 9.90 Å². The van der Waals surface area contributed by atoms with E-state index in [1.807, 2.05) is 0 Å². The summed E-state index contributed by atoms with van der Waals surface area (Å²) in [5.74, 6) is -2.21. The van der Waals surface area contributed by atoms with Crippen molar-refractivity contribution in [2.45, 2.75) is 0 Å². The second kappa shape index (κ2) is 6.54. The van der Waals surface area contributed by atoms with Crippen molar-refractivity contribution < 1.29 is 19.1 Å². The summed E-state index contributed by atoms with van der Waals surface area (Å²) in [6.07, 6.45) is 1.43. The molecule has 0 N–H and O–H groups in total. The lowest BCUT2D eigenvalue weighted by molar-refractivity contribution is -0.255. The molecule has 1 aliphatic heterocycles. The van der Waals surface area contributed by atoms with Crippen LogP contribution in [0.2, 0.25) is 0 Å². The summed E-state index contributed by atoms with van der Waals surface area (Å²) in [6, 6.07) is 11.8. The Bertz CT molecular complexity index is 895. The van der Waals surface area contributed by atoms with E-state index >= 15 is 0 Å². The van der Waals surface area contributed by atoms with Gasteiger partial charge in [-0.3, -0.25) is 9.69 Å². The van der Waals surface area contributed by atoms with Gasteiger partial charge in [-0.05, 0) is 29.8 Å². The van der Waals surface area contributed by atoms with Gasteiger partial charge in [0.2, 0.25) is 0 Å². The molecule has 1 aliphatic rings. The molecule has 0 saturated carbocycles. The van der Waals surface area contributed by atoms with Crippen LogP contribution in [0.4, 0.5) is 10.1 Å². The van der Waals surface area contributed by atoms with Gasteiger partial charge in [-0.15, -0.1) is 0 Å². The summed E-state index contributed by atoms with van der Waals surface area (Å²) in [6.45, 7) is 0. The SMILES string of the molecule is O=C([O-])c1cccc(N2C(=O)/C(=C/c3ccccc3F)SC2=S)c1. The predicted molar refractivity (Wildman–Crippen MR) is 92.8 cm³/mol. The van der Waals surface area contributed by atoms with Gasteiger partial charge in [0.15, 0.2) is 4.32 Å². The normalized spacial score (nSPS) is 16.0. The standard InChI is InChI=1S/C17H10FNO3S2/c18-13-7-2-1-4-10(13)9-14-15(20)19(17(23)24-14)12-6-3-5-11(8-12)16(21)22/h1-9H,(H,21,22)/p-1/b14-9-. The summed E-state index contributed by atoms with van der Waals surface area (Å²) in [7, 11) is 0. The van der Waals surface area contributed by atoms with Crippen molar-refractivity contribution in [2.24, 2.45) is 0 Å². The summed E-state index contributed by atoms with van der Waals surface area (Å²) in [5.41, 5.74) is 0.553. The lowest BCUT2D eigenvalue weighted by Gasteiger charge is -2.15. The first-order chi connectivity index (χ1) is 11.5. The Balaban J connectivity index is 1.97. The van der Waals surface area contributed by atoms with Crippen LogP contribution in [0.25, 0.3) is 6.08 Å². The average Bonchev–Trinajstić information content (AvgIpc) is 2.83. The number of halogens is 1. The Hall–Kier alpha value is -2.51. The van der Waals surface area contributed by atoms with Crippen LogP contribution in [-0.2, 0) is 4.79 Å². The van der Waals surface area contributed by atoms with E-state index in [2.05, 4.69) is 0 Å². The minimum atomic E-state index is -1.34. The highest BCUT2D eigenvalue weighted by Crippen LogP contribution is 2.36. The number of anilines is 1. The number of thioether (sulfide) groups is 1. The third-order valence-electron chi connectivity index (χ3n) is 3.33. The molecule has 0 aliphatic carbocycles. The van der Waals surface area contributed by atoms with Gasteiger partial charge in [0.05, 0.1) is 16.6 Å². The van der Waals surface area contributed by atoms with E-state index in [0.717, 1.165) is 11.8 Å². The Kier molecular flexibility index (Phi) is 4.46. The molecule has 3 rings (SSSR count). The molecule has 1 amide bonds. The molecule has 7 heteroatoms. The molecular weight excluding hydrogens is 349 g/mol. The Morgan fingerprint density at radius 1 is 1.21 bits per heavy atom. The number of thiocarbonyl (C=S) groups is 1. The number of hydrogen-bond acceptors (Lipinski definition) is 5. The molecule has 0 bridgehead atoms. The molecule has 0 aromatic heterocycles. The van der Waals surface area contributed by atoms with Crippen molar-refractivity contribution in [1.29, 1.82) is 0 Å². The number of rotatable bonds is 3. The van der Waals surface area contributed by atoms with Gasteiger partial charge in [0.1, 0.15) is 5.82 Å². The lowest BCUT2D eigenvalue weighted by Crippen LogP contribution is -2.28. The highest BCUT2D eigenvalue weighted by atomic mass is 32.2. The summed E-state index contributed by atoms with van der Waals surface area (Å²) in [5, 5.41) is 11.0. The van der Waals surface area contributed by atoms with Crippen LogP contribution in [0.1, 0.15) is 15.9 Å². The van der Waals surface area contributed by atoms with E-state index < -0.39 is 17.7 Å². The van der Waals surface area contributed by atoms with Crippen molar-refractivity contribution >= 4 is 51.9 Å². The van der Waals surface area contributed by atoms with E-state index in [9.17, 15) is 19.1 Å². The smallest absolute Gasteiger partial charge is 0.270 e. The van der Waals surface area contributed by atoms with Crippen molar-refractivity contribution in [3.63, 3.8) is 0 Å². The molecule has 2 aromatic carbocycles. The van der Waals surface area contributed by atoms with E-state index in [4.69, 9.17) is 12.2 Å². The third-order valence-corrected chi connectivity index (χ3v) is 4.63. The zero-order valence-electron chi connectivity index (χ0n) is 12.1. The number of carbonyl (C=O) groups is 2. The fourth-order valence-electron chi connectivity index (χ4n) is 2.20. The molecule has 1 fully saturated rings. The molecular formula is C17H9FNO3S2-. The zero-order chi connectivity index (χ0) is 17.3. The second-order valence-electron chi connectivity index (χ2n) is 4.88. The summed E-state index contributed by atoms with van der Waals surface area (Å²) >= 11 is 6.24. The topological polar surface area (TPSA) is 60.4 Å². The fraction of sp³-hybridized carbons (Fsp3) is 0. The van der Waals surface area contributed by atoms with Crippen molar-refractivity contribution in [3.05, 3.63) is 70.4 Å². The third kappa shape index (κ3) is 3.08. The van der Waals surface area contributed by atoms with E-state index in [1.54, 1.807) is 24.3 Å². The molecule has 0 spiro atoms. The molecule has 24 heavy (non-hydrogen) atoms. The van der Waals surface area contributed by atoms with Gasteiger partial charge in [0.25, 0.3) is 5.91 Å². The monoisotopic (exact) mass is 358 g/mol. The molecule has 2 aromatic rings. The molecule has 4 nitrogen and oxygen atoms in total.